The fourth-order valence-corrected chi connectivity index (χ4v) is 4.78. The quantitative estimate of drug-likeness (QED) is 0.907. The van der Waals surface area contributed by atoms with Crippen LogP contribution in [0.25, 0.3) is 0 Å². The van der Waals surface area contributed by atoms with E-state index in [9.17, 15) is 4.79 Å². The van der Waals surface area contributed by atoms with Crippen molar-refractivity contribution in [2.45, 2.75) is 32.2 Å². The lowest BCUT2D eigenvalue weighted by atomic mass is 9.91. The summed E-state index contributed by atoms with van der Waals surface area (Å²) in [5.41, 5.74) is 1.45. The van der Waals surface area contributed by atoms with Crippen LogP contribution in [-0.2, 0) is 11.2 Å². The molecular weight excluding hydrogens is 268 g/mol. The lowest BCUT2D eigenvalue weighted by Gasteiger charge is -2.38. The maximum atomic E-state index is 13.0. The molecule has 4 rings (SSSR count). The number of hydrogen-bond donors (Lipinski definition) is 1. The monoisotopic (exact) mass is 290 g/mol. The Morgan fingerprint density at radius 3 is 2.95 bits per heavy atom. The fraction of sp³-hybridized carbons (Fsp3) is 0.688. The highest BCUT2D eigenvalue weighted by Crippen LogP contribution is 2.49. The van der Waals surface area contributed by atoms with Crippen LogP contribution in [0.5, 0.6) is 0 Å². The number of fused-ring (bicyclic) bond motifs is 1. The molecule has 1 aliphatic carbocycles. The van der Waals surface area contributed by atoms with Gasteiger partial charge in [0.25, 0.3) is 0 Å². The number of nitrogens with one attached hydrogen (secondary N) is 1. The van der Waals surface area contributed by atoms with Gasteiger partial charge in [-0.2, -0.15) is 0 Å². The molecule has 1 saturated carbocycles. The Bertz CT molecular complexity index is 522. The fourth-order valence-electron chi connectivity index (χ4n) is 3.87. The summed E-state index contributed by atoms with van der Waals surface area (Å²) in [6.07, 6.45) is 3.64. The van der Waals surface area contributed by atoms with Crippen molar-refractivity contribution >= 4 is 17.2 Å². The minimum Gasteiger partial charge on any atom is -0.335 e. The van der Waals surface area contributed by atoms with Gasteiger partial charge in [-0.25, -0.2) is 0 Å². The molecule has 1 saturated heterocycles. The largest absolute Gasteiger partial charge is 0.335 e. The average Bonchev–Trinajstić information content (AvgIpc) is 3.01. The molecule has 108 valence electrons. The molecule has 0 aromatic carbocycles. The van der Waals surface area contributed by atoms with Crippen molar-refractivity contribution in [1.29, 1.82) is 0 Å². The molecule has 3 aliphatic rings. The second-order valence-corrected chi connectivity index (χ2v) is 7.61. The second kappa shape index (κ2) is 4.85. The van der Waals surface area contributed by atoms with Gasteiger partial charge in [0.1, 0.15) is 0 Å². The standard InChI is InChI=1S/C16H22N2OS/c1-10-8-17-9-13(10)16(19)18-6-4-14-12(5-7-20-14)15(18)11-2-3-11/h5,7,10-11,13,15,17H,2-4,6,8-9H2,1H3. The highest BCUT2D eigenvalue weighted by atomic mass is 32.1. The van der Waals surface area contributed by atoms with E-state index in [0.29, 0.717) is 17.9 Å². The number of carbonyl (C=O) groups excluding carboxylic acids is 1. The first-order valence-corrected chi connectivity index (χ1v) is 8.71. The van der Waals surface area contributed by atoms with E-state index in [-0.39, 0.29) is 5.92 Å². The van der Waals surface area contributed by atoms with Crippen LogP contribution in [0.4, 0.5) is 0 Å². The molecule has 1 aromatic rings. The number of thiophene rings is 1. The van der Waals surface area contributed by atoms with Crippen LogP contribution >= 0.6 is 11.3 Å². The third kappa shape index (κ3) is 2.01. The zero-order chi connectivity index (χ0) is 13.7. The Labute approximate surface area is 124 Å². The van der Waals surface area contributed by atoms with E-state index >= 15 is 0 Å². The van der Waals surface area contributed by atoms with Crippen LogP contribution in [0.2, 0.25) is 0 Å². The summed E-state index contributed by atoms with van der Waals surface area (Å²) in [4.78, 5) is 16.7. The molecule has 1 aromatic heterocycles. The van der Waals surface area contributed by atoms with Gasteiger partial charge in [0.05, 0.1) is 12.0 Å². The molecule has 20 heavy (non-hydrogen) atoms. The van der Waals surface area contributed by atoms with Gasteiger partial charge in [-0.15, -0.1) is 11.3 Å². The van der Waals surface area contributed by atoms with Crippen LogP contribution in [0.1, 0.15) is 36.2 Å². The van der Waals surface area contributed by atoms with Gasteiger partial charge >= 0.3 is 0 Å². The van der Waals surface area contributed by atoms with E-state index < -0.39 is 0 Å². The Hall–Kier alpha value is -0.870. The van der Waals surface area contributed by atoms with Gasteiger partial charge in [-0.05, 0) is 54.7 Å². The van der Waals surface area contributed by atoms with Crippen LogP contribution in [0.15, 0.2) is 11.4 Å². The molecular formula is C16H22N2OS. The molecule has 0 spiro atoms. The molecule has 3 atom stereocenters. The Morgan fingerprint density at radius 2 is 2.25 bits per heavy atom. The lowest BCUT2D eigenvalue weighted by Crippen LogP contribution is -2.45. The van der Waals surface area contributed by atoms with Crippen molar-refractivity contribution in [3.63, 3.8) is 0 Å². The molecule has 2 fully saturated rings. The number of nitrogens with zero attached hydrogens (tertiary/aromatic N) is 1. The van der Waals surface area contributed by atoms with Gasteiger partial charge in [0, 0.05) is 18.0 Å². The van der Waals surface area contributed by atoms with Crippen LogP contribution in [-0.4, -0.2) is 30.4 Å². The van der Waals surface area contributed by atoms with Crippen LogP contribution in [0, 0.1) is 17.8 Å². The minimum atomic E-state index is 0.191. The molecule has 1 amide bonds. The van der Waals surface area contributed by atoms with E-state index in [4.69, 9.17) is 0 Å². The lowest BCUT2D eigenvalue weighted by molar-refractivity contribution is -0.139. The topological polar surface area (TPSA) is 32.3 Å². The molecule has 0 radical (unpaired) electrons. The third-order valence-electron chi connectivity index (χ3n) is 5.20. The van der Waals surface area contributed by atoms with Gasteiger partial charge in [-0.3, -0.25) is 4.79 Å². The van der Waals surface area contributed by atoms with Crippen molar-refractivity contribution in [2.75, 3.05) is 19.6 Å². The van der Waals surface area contributed by atoms with Crippen molar-refractivity contribution in [1.82, 2.24) is 10.2 Å². The summed E-state index contributed by atoms with van der Waals surface area (Å²) in [5, 5.41) is 5.57. The van der Waals surface area contributed by atoms with Crippen LogP contribution in [0.3, 0.4) is 0 Å². The molecule has 0 bridgehead atoms. The first-order valence-electron chi connectivity index (χ1n) is 7.83. The predicted molar refractivity (Wildman–Crippen MR) is 80.7 cm³/mol. The van der Waals surface area contributed by atoms with E-state index in [0.717, 1.165) is 32.0 Å². The molecule has 1 N–H and O–H groups in total. The maximum Gasteiger partial charge on any atom is 0.227 e. The highest BCUT2D eigenvalue weighted by Gasteiger charge is 2.44. The zero-order valence-electron chi connectivity index (χ0n) is 12.0. The summed E-state index contributed by atoms with van der Waals surface area (Å²) < 4.78 is 0. The van der Waals surface area contributed by atoms with E-state index in [1.54, 1.807) is 0 Å². The molecule has 4 heteroatoms. The molecule has 3 unspecified atom stereocenters. The van der Waals surface area contributed by atoms with Crippen molar-refractivity contribution in [3.8, 4) is 0 Å². The number of hydrogen-bond acceptors (Lipinski definition) is 3. The normalized spacial score (nSPS) is 33.2. The summed E-state index contributed by atoms with van der Waals surface area (Å²) in [5.74, 6) is 1.79. The summed E-state index contributed by atoms with van der Waals surface area (Å²) in [7, 11) is 0. The Kier molecular flexibility index (Phi) is 3.11. The maximum absolute atomic E-state index is 13.0. The number of carbonyl (C=O) groups is 1. The molecule has 3 heterocycles. The van der Waals surface area contributed by atoms with Crippen LogP contribution < -0.4 is 5.32 Å². The van der Waals surface area contributed by atoms with Crippen molar-refractivity contribution < 1.29 is 4.79 Å². The van der Waals surface area contributed by atoms with Gasteiger partial charge in [0.15, 0.2) is 0 Å². The van der Waals surface area contributed by atoms with E-state index in [1.165, 1.54) is 23.3 Å². The van der Waals surface area contributed by atoms with Gasteiger partial charge in [0.2, 0.25) is 5.91 Å². The van der Waals surface area contributed by atoms with E-state index in [2.05, 4.69) is 28.6 Å². The first-order chi connectivity index (χ1) is 9.75. The highest BCUT2D eigenvalue weighted by molar-refractivity contribution is 7.10. The predicted octanol–water partition coefficient (Wildman–Crippen LogP) is 2.44. The van der Waals surface area contributed by atoms with Gasteiger partial charge in [-0.1, -0.05) is 6.92 Å². The molecule has 3 nitrogen and oxygen atoms in total. The minimum absolute atomic E-state index is 0.191. The number of rotatable bonds is 2. The van der Waals surface area contributed by atoms with E-state index in [1.807, 2.05) is 11.3 Å². The second-order valence-electron chi connectivity index (χ2n) is 6.61. The SMILES string of the molecule is CC1CNCC1C(=O)N1CCc2sccc2C1C1CC1. The summed E-state index contributed by atoms with van der Waals surface area (Å²) in [6, 6.07) is 2.64. The zero-order valence-corrected chi connectivity index (χ0v) is 12.8. The van der Waals surface area contributed by atoms with Crippen molar-refractivity contribution in [2.24, 2.45) is 17.8 Å². The third-order valence-corrected chi connectivity index (χ3v) is 6.20. The van der Waals surface area contributed by atoms with Crippen molar-refractivity contribution in [3.05, 3.63) is 21.9 Å². The smallest absolute Gasteiger partial charge is 0.227 e. The Balaban J connectivity index is 1.62. The average molecular weight is 290 g/mol. The molecule has 2 aliphatic heterocycles. The van der Waals surface area contributed by atoms with Gasteiger partial charge < -0.3 is 10.2 Å². The Morgan fingerprint density at radius 1 is 1.40 bits per heavy atom. The summed E-state index contributed by atoms with van der Waals surface area (Å²) >= 11 is 1.87. The first kappa shape index (κ1) is 12.8. The summed E-state index contributed by atoms with van der Waals surface area (Å²) in [6.45, 7) is 4.98. The number of amides is 1.